The lowest BCUT2D eigenvalue weighted by Crippen LogP contribution is -2.35. The Morgan fingerprint density at radius 1 is 1.28 bits per heavy atom. The maximum absolute atomic E-state index is 11.4. The Balaban J connectivity index is 2.45. The van der Waals surface area contributed by atoms with Crippen molar-refractivity contribution in [1.29, 1.82) is 0 Å². The van der Waals surface area contributed by atoms with Crippen molar-refractivity contribution in [1.82, 2.24) is 10.6 Å². The second-order valence-corrected chi connectivity index (χ2v) is 4.38. The molecule has 0 aliphatic carbocycles. The first-order chi connectivity index (χ1) is 8.63. The molecule has 0 fully saturated rings. The summed E-state index contributed by atoms with van der Waals surface area (Å²) in [5, 5.41) is 5.10. The van der Waals surface area contributed by atoms with Crippen LogP contribution in [0.15, 0.2) is 34.8 Å². The summed E-state index contributed by atoms with van der Waals surface area (Å²) in [6.07, 6.45) is 3.09. The third kappa shape index (κ3) is 5.14. The molecule has 5 heteroatoms. The lowest BCUT2D eigenvalue weighted by Gasteiger charge is -2.02. The summed E-state index contributed by atoms with van der Waals surface area (Å²) in [5.74, 6) is -0.489. The molecule has 4 nitrogen and oxygen atoms in total. The number of carbonyl (C=O) groups excluding carboxylic acids is 2. The quantitative estimate of drug-likeness (QED) is 0.814. The molecule has 0 aromatic heterocycles. The molecule has 0 aliphatic heterocycles. The molecular weight excluding hydrogens is 296 g/mol. The highest BCUT2D eigenvalue weighted by atomic mass is 79.9. The van der Waals surface area contributed by atoms with E-state index in [4.69, 9.17) is 0 Å². The smallest absolute Gasteiger partial charge is 0.244 e. The number of amides is 2. The molecule has 0 unspecified atom stereocenters. The van der Waals surface area contributed by atoms with Gasteiger partial charge in [0, 0.05) is 17.1 Å². The number of halogens is 1. The van der Waals surface area contributed by atoms with E-state index >= 15 is 0 Å². The van der Waals surface area contributed by atoms with Gasteiger partial charge in [0.05, 0.1) is 6.54 Å². The van der Waals surface area contributed by atoms with Crippen LogP contribution in [0.4, 0.5) is 0 Å². The van der Waals surface area contributed by atoms with Crippen LogP contribution in [0, 0.1) is 0 Å². The molecule has 0 bridgehead atoms. The Morgan fingerprint density at radius 3 is 2.67 bits per heavy atom. The van der Waals surface area contributed by atoms with Crippen molar-refractivity contribution < 1.29 is 9.59 Å². The minimum Gasteiger partial charge on any atom is -0.355 e. The molecule has 2 amide bonds. The fraction of sp³-hybridized carbons (Fsp3) is 0.231. The third-order valence-electron chi connectivity index (χ3n) is 2.12. The summed E-state index contributed by atoms with van der Waals surface area (Å²) >= 11 is 3.38. The topological polar surface area (TPSA) is 58.2 Å². The highest BCUT2D eigenvalue weighted by Crippen LogP contribution is 2.16. The Hall–Kier alpha value is -1.62. The van der Waals surface area contributed by atoms with Crippen molar-refractivity contribution in [3.63, 3.8) is 0 Å². The lowest BCUT2D eigenvalue weighted by molar-refractivity contribution is -0.123. The van der Waals surface area contributed by atoms with E-state index in [2.05, 4.69) is 26.6 Å². The monoisotopic (exact) mass is 310 g/mol. The number of rotatable bonds is 5. The average Bonchev–Trinajstić information content (AvgIpc) is 2.36. The first-order valence-corrected chi connectivity index (χ1v) is 6.40. The van der Waals surface area contributed by atoms with Gasteiger partial charge in [-0.05, 0) is 24.6 Å². The van der Waals surface area contributed by atoms with E-state index in [0.29, 0.717) is 6.54 Å². The van der Waals surface area contributed by atoms with Gasteiger partial charge in [0.15, 0.2) is 0 Å². The molecule has 1 aromatic carbocycles. The van der Waals surface area contributed by atoms with Gasteiger partial charge in [-0.15, -0.1) is 0 Å². The van der Waals surface area contributed by atoms with Crippen LogP contribution in [0.5, 0.6) is 0 Å². The molecular formula is C13H15BrN2O2. The Morgan fingerprint density at radius 2 is 2.00 bits per heavy atom. The molecule has 0 saturated heterocycles. The maximum atomic E-state index is 11.4. The molecule has 0 radical (unpaired) electrons. The van der Waals surface area contributed by atoms with E-state index in [9.17, 15) is 9.59 Å². The van der Waals surface area contributed by atoms with Crippen molar-refractivity contribution in [2.45, 2.75) is 6.92 Å². The normalized spacial score (nSPS) is 10.3. The van der Waals surface area contributed by atoms with Crippen LogP contribution in [0.3, 0.4) is 0 Å². The molecule has 0 atom stereocenters. The molecule has 18 heavy (non-hydrogen) atoms. The van der Waals surface area contributed by atoms with E-state index in [1.54, 1.807) is 6.08 Å². The summed E-state index contributed by atoms with van der Waals surface area (Å²) in [4.78, 5) is 22.6. The number of hydrogen-bond donors (Lipinski definition) is 2. The SMILES string of the molecule is CCNC(=O)CNC(=O)/C=C/c1ccccc1Br. The van der Waals surface area contributed by atoms with Gasteiger partial charge >= 0.3 is 0 Å². The Labute approximate surface area is 115 Å². The van der Waals surface area contributed by atoms with Gasteiger partial charge in [0.25, 0.3) is 0 Å². The minimum atomic E-state index is -0.294. The van der Waals surface area contributed by atoms with Gasteiger partial charge < -0.3 is 10.6 Å². The van der Waals surface area contributed by atoms with Crippen LogP contribution < -0.4 is 10.6 Å². The molecule has 1 aromatic rings. The largest absolute Gasteiger partial charge is 0.355 e. The zero-order valence-electron chi connectivity index (χ0n) is 10.1. The standard InChI is InChI=1S/C13H15BrN2O2/c1-2-15-13(18)9-16-12(17)8-7-10-5-3-4-6-11(10)14/h3-8H,2,9H2,1H3,(H,15,18)(H,16,17)/b8-7+. The van der Waals surface area contributed by atoms with Gasteiger partial charge in [0.2, 0.25) is 11.8 Å². The minimum absolute atomic E-state index is 0.00697. The molecule has 0 aliphatic rings. The zero-order valence-corrected chi connectivity index (χ0v) is 11.7. The van der Waals surface area contributed by atoms with Crippen LogP contribution >= 0.6 is 15.9 Å². The molecule has 0 spiro atoms. The predicted molar refractivity (Wildman–Crippen MR) is 74.9 cm³/mol. The van der Waals surface area contributed by atoms with Crippen LogP contribution in [-0.4, -0.2) is 24.9 Å². The fourth-order valence-corrected chi connectivity index (χ4v) is 1.68. The highest BCUT2D eigenvalue weighted by Gasteiger charge is 2.01. The average molecular weight is 311 g/mol. The summed E-state index contributed by atoms with van der Waals surface area (Å²) in [7, 11) is 0. The first kappa shape index (κ1) is 14.4. The van der Waals surface area contributed by atoms with E-state index < -0.39 is 0 Å². The van der Waals surface area contributed by atoms with Crippen LogP contribution in [0.25, 0.3) is 6.08 Å². The van der Waals surface area contributed by atoms with Gasteiger partial charge in [-0.25, -0.2) is 0 Å². The summed E-state index contributed by atoms with van der Waals surface area (Å²) in [5.41, 5.74) is 0.908. The number of benzene rings is 1. The van der Waals surface area contributed by atoms with Crippen LogP contribution in [0.1, 0.15) is 12.5 Å². The first-order valence-electron chi connectivity index (χ1n) is 5.60. The van der Waals surface area contributed by atoms with E-state index in [-0.39, 0.29) is 18.4 Å². The molecule has 0 heterocycles. The van der Waals surface area contributed by atoms with Gasteiger partial charge in [-0.2, -0.15) is 0 Å². The number of carbonyl (C=O) groups is 2. The highest BCUT2D eigenvalue weighted by molar-refractivity contribution is 9.10. The van der Waals surface area contributed by atoms with Crippen molar-refractivity contribution >= 4 is 33.8 Å². The Kier molecular flexibility index (Phi) is 6.14. The van der Waals surface area contributed by atoms with Crippen LogP contribution in [0.2, 0.25) is 0 Å². The number of nitrogens with one attached hydrogen (secondary N) is 2. The summed E-state index contributed by atoms with van der Waals surface area (Å²) in [6.45, 7) is 2.38. The molecule has 0 saturated carbocycles. The number of likely N-dealkylation sites (N-methyl/N-ethyl adjacent to an activating group) is 1. The van der Waals surface area contributed by atoms with E-state index in [0.717, 1.165) is 10.0 Å². The van der Waals surface area contributed by atoms with Crippen LogP contribution in [-0.2, 0) is 9.59 Å². The second-order valence-electron chi connectivity index (χ2n) is 3.53. The third-order valence-corrected chi connectivity index (χ3v) is 2.84. The van der Waals surface area contributed by atoms with Crippen molar-refractivity contribution in [3.8, 4) is 0 Å². The van der Waals surface area contributed by atoms with Gasteiger partial charge in [-0.1, -0.05) is 34.1 Å². The van der Waals surface area contributed by atoms with E-state index in [1.165, 1.54) is 6.08 Å². The fourth-order valence-electron chi connectivity index (χ4n) is 1.26. The van der Waals surface area contributed by atoms with Crippen molar-refractivity contribution in [2.75, 3.05) is 13.1 Å². The van der Waals surface area contributed by atoms with Crippen molar-refractivity contribution in [2.24, 2.45) is 0 Å². The van der Waals surface area contributed by atoms with E-state index in [1.807, 2.05) is 31.2 Å². The summed E-state index contributed by atoms with van der Waals surface area (Å²) < 4.78 is 0.915. The second kappa shape index (κ2) is 7.66. The number of hydrogen-bond acceptors (Lipinski definition) is 2. The molecule has 96 valence electrons. The zero-order chi connectivity index (χ0) is 13.4. The van der Waals surface area contributed by atoms with Gasteiger partial charge in [0.1, 0.15) is 0 Å². The molecule has 1 rings (SSSR count). The van der Waals surface area contributed by atoms with Crippen molar-refractivity contribution in [3.05, 3.63) is 40.4 Å². The Bertz CT molecular complexity index is 458. The molecule has 2 N–H and O–H groups in total. The summed E-state index contributed by atoms with van der Waals surface area (Å²) in [6, 6.07) is 7.57. The maximum Gasteiger partial charge on any atom is 0.244 e. The lowest BCUT2D eigenvalue weighted by atomic mass is 10.2. The predicted octanol–water partition coefficient (Wildman–Crippen LogP) is 1.71. The van der Waals surface area contributed by atoms with Gasteiger partial charge in [-0.3, -0.25) is 9.59 Å².